The van der Waals surface area contributed by atoms with Crippen molar-refractivity contribution in [1.29, 1.82) is 0 Å². The maximum atomic E-state index is 6.47. The summed E-state index contributed by atoms with van der Waals surface area (Å²) in [7, 11) is -1.82. The van der Waals surface area contributed by atoms with Crippen LogP contribution in [0.4, 0.5) is 0 Å². The van der Waals surface area contributed by atoms with Gasteiger partial charge in [-0.3, -0.25) is 0 Å². The molecule has 1 aromatic rings. The first-order valence-corrected chi connectivity index (χ1v) is 10.3. The fourth-order valence-corrected chi connectivity index (χ4v) is 7.17. The van der Waals surface area contributed by atoms with Gasteiger partial charge in [0.2, 0.25) is 8.32 Å². The summed E-state index contributed by atoms with van der Waals surface area (Å²) in [4.78, 5) is 0. The highest BCUT2D eigenvalue weighted by Gasteiger charge is 2.35. The molecule has 108 valence electrons. The Morgan fingerprint density at radius 3 is 2.26 bits per heavy atom. The molecule has 19 heavy (non-hydrogen) atoms. The third-order valence-corrected chi connectivity index (χ3v) is 8.51. The van der Waals surface area contributed by atoms with Crippen LogP contribution in [0.25, 0.3) is 0 Å². The van der Waals surface area contributed by atoms with Crippen LogP contribution in [0.5, 0.6) is 0 Å². The fourth-order valence-electron chi connectivity index (χ4n) is 2.63. The van der Waals surface area contributed by atoms with Gasteiger partial charge < -0.3 is 4.43 Å². The number of hydrogen-bond acceptors (Lipinski definition) is 1. The van der Waals surface area contributed by atoms with E-state index in [0.717, 1.165) is 18.1 Å². The average Bonchev–Trinajstić information content (AvgIpc) is 2.39. The molecule has 0 N–H and O–H groups in total. The molecule has 1 aromatic carbocycles. The van der Waals surface area contributed by atoms with Gasteiger partial charge >= 0.3 is 0 Å². The highest BCUT2D eigenvalue weighted by atomic mass is 35.5. The SMILES string of the molecule is CCCCO[Si](CCC)(CCC)c1cccc(Cl)c1. The molecule has 0 radical (unpaired) electrons. The second kappa shape index (κ2) is 8.78. The Morgan fingerprint density at radius 2 is 1.74 bits per heavy atom. The van der Waals surface area contributed by atoms with Crippen LogP contribution in [0.2, 0.25) is 17.1 Å². The fraction of sp³-hybridized carbons (Fsp3) is 0.625. The summed E-state index contributed by atoms with van der Waals surface area (Å²) < 4.78 is 6.47. The lowest BCUT2D eigenvalue weighted by Gasteiger charge is -2.32. The van der Waals surface area contributed by atoms with Gasteiger partial charge in [-0.05, 0) is 35.8 Å². The summed E-state index contributed by atoms with van der Waals surface area (Å²) >= 11 is 6.18. The average molecular weight is 299 g/mol. The second-order valence-corrected chi connectivity index (χ2v) is 9.50. The van der Waals surface area contributed by atoms with E-state index in [1.807, 2.05) is 6.07 Å². The van der Waals surface area contributed by atoms with Gasteiger partial charge in [0.05, 0.1) is 0 Å². The molecule has 0 spiro atoms. The Balaban J connectivity index is 2.99. The number of benzene rings is 1. The second-order valence-electron chi connectivity index (χ2n) is 5.21. The zero-order valence-corrected chi connectivity index (χ0v) is 14.3. The van der Waals surface area contributed by atoms with Crippen LogP contribution >= 0.6 is 11.6 Å². The molecule has 0 heterocycles. The molecule has 1 rings (SSSR count). The molecule has 0 aliphatic rings. The van der Waals surface area contributed by atoms with E-state index in [0.29, 0.717) is 0 Å². The van der Waals surface area contributed by atoms with Crippen LogP contribution in [0, 0.1) is 0 Å². The van der Waals surface area contributed by atoms with E-state index < -0.39 is 8.32 Å². The van der Waals surface area contributed by atoms with Gasteiger partial charge in [-0.2, -0.15) is 0 Å². The monoisotopic (exact) mass is 298 g/mol. The van der Waals surface area contributed by atoms with Crippen molar-refractivity contribution >= 4 is 25.1 Å². The summed E-state index contributed by atoms with van der Waals surface area (Å²) in [5.74, 6) is 0. The van der Waals surface area contributed by atoms with Gasteiger partial charge in [0.15, 0.2) is 0 Å². The standard InChI is InChI=1S/C16H27ClOSi/c1-4-7-11-18-19(12-5-2,13-6-3)16-10-8-9-15(17)14-16/h8-10,14H,4-7,11-13H2,1-3H3. The van der Waals surface area contributed by atoms with E-state index in [1.54, 1.807) is 0 Å². The minimum Gasteiger partial charge on any atom is -0.412 e. The molecule has 3 heteroatoms. The zero-order valence-electron chi connectivity index (χ0n) is 12.5. The zero-order chi connectivity index (χ0) is 14.1. The van der Waals surface area contributed by atoms with Crippen molar-refractivity contribution in [3.63, 3.8) is 0 Å². The molecule has 0 saturated carbocycles. The molecule has 0 amide bonds. The normalized spacial score (nSPS) is 11.8. The van der Waals surface area contributed by atoms with E-state index >= 15 is 0 Å². The quantitative estimate of drug-likeness (QED) is 0.454. The largest absolute Gasteiger partial charge is 0.412 e. The molecular formula is C16H27ClOSi. The Kier molecular flexibility index (Phi) is 7.73. The summed E-state index contributed by atoms with van der Waals surface area (Å²) in [6.07, 6.45) is 4.72. The van der Waals surface area contributed by atoms with Gasteiger partial charge in [-0.1, -0.05) is 63.8 Å². The Labute approximate surface area is 124 Å². The molecular weight excluding hydrogens is 272 g/mol. The van der Waals surface area contributed by atoms with E-state index in [1.165, 1.54) is 36.5 Å². The van der Waals surface area contributed by atoms with Crippen molar-refractivity contribution < 1.29 is 4.43 Å². The molecule has 0 fully saturated rings. The van der Waals surface area contributed by atoms with Crippen molar-refractivity contribution in [1.82, 2.24) is 0 Å². The Hall–Kier alpha value is -0.313. The summed E-state index contributed by atoms with van der Waals surface area (Å²) in [5, 5.41) is 2.21. The molecule has 0 saturated heterocycles. The molecule has 0 unspecified atom stereocenters. The van der Waals surface area contributed by atoms with E-state index in [9.17, 15) is 0 Å². The lowest BCUT2D eigenvalue weighted by Crippen LogP contribution is -2.50. The number of rotatable bonds is 9. The van der Waals surface area contributed by atoms with Crippen LogP contribution < -0.4 is 5.19 Å². The van der Waals surface area contributed by atoms with Crippen LogP contribution in [-0.4, -0.2) is 14.9 Å². The van der Waals surface area contributed by atoms with Crippen molar-refractivity contribution in [2.45, 2.75) is 58.5 Å². The third kappa shape index (κ3) is 4.94. The maximum absolute atomic E-state index is 6.47. The topological polar surface area (TPSA) is 9.23 Å². The summed E-state index contributed by atoms with van der Waals surface area (Å²) in [6, 6.07) is 10.8. The smallest absolute Gasteiger partial charge is 0.224 e. The Bertz CT molecular complexity index is 362. The van der Waals surface area contributed by atoms with E-state index in [-0.39, 0.29) is 0 Å². The van der Waals surface area contributed by atoms with Gasteiger partial charge in [-0.15, -0.1) is 0 Å². The highest BCUT2D eigenvalue weighted by molar-refractivity contribution is 6.86. The van der Waals surface area contributed by atoms with Crippen LogP contribution in [0.15, 0.2) is 24.3 Å². The van der Waals surface area contributed by atoms with Crippen LogP contribution in [-0.2, 0) is 4.43 Å². The van der Waals surface area contributed by atoms with Gasteiger partial charge in [0.25, 0.3) is 0 Å². The number of halogens is 1. The minimum atomic E-state index is -1.82. The lowest BCUT2D eigenvalue weighted by molar-refractivity contribution is 0.297. The lowest BCUT2D eigenvalue weighted by atomic mass is 10.4. The predicted molar refractivity (Wildman–Crippen MR) is 87.9 cm³/mol. The van der Waals surface area contributed by atoms with E-state index in [2.05, 4.69) is 39.0 Å². The van der Waals surface area contributed by atoms with Gasteiger partial charge in [-0.25, -0.2) is 0 Å². The molecule has 1 nitrogen and oxygen atoms in total. The molecule has 0 bridgehead atoms. The van der Waals surface area contributed by atoms with Crippen molar-refractivity contribution in [3.8, 4) is 0 Å². The van der Waals surface area contributed by atoms with Gasteiger partial charge in [0, 0.05) is 11.6 Å². The maximum Gasteiger partial charge on any atom is 0.224 e. The van der Waals surface area contributed by atoms with Gasteiger partial charge in [0.1, 0.15) is 0 Å². The minimum absolute atomic E-state index is 0.834. The molecule has 0 aliphatic heterocycles. The number of unbranched alkanes of at least 4 members (excludes halogenated alkanes) is 1. The molecule has 0 aromatic heterocycles. The summed E-state index contributed by atoms with van der Waals surface area (Å²) in [5.41, 5.74) is 0. The van der Waals surface area contributed by atoms with Crippen LogP contribution in [0.1, 0.15) is 46.5 Å². The van der Waals surface area contributed by atoms with Crippen molar-refractivity contribution in [2.75, 3.05) is 6.61 Å². The number of hydrogen-bond donors (Lipinski definition) is 0. The first-order chi connectivity index (χ1) is 9.18. The molecule has 0 aliphatic carbocycles. The first kappa shape index (κ1) is 16.7. The predicted octanol–water partition coefficient (Wildman–Crippen LogP) is 5.13. The molecule has 0 atom stereocenters. The highest BCUT2D eigenvalue weighted by Crippen LogP contribution is 2.23. The summed E-state index contributed by atoms with van der Waals surface area (Å²) in [6.45, 7) is 7.62. The first-order valence-electron chi connectivity index (χ1n) is 7.58. The Morgan fingerprint density at radius 1 is 1.05 bits per heavy atom. The van der Waals surface area contributed by atoms with E-state index in [4.69, 9.17) is 16.0 Å². The van der Waals surface area contributed by atoms with Crippen molar-refractivity contribution in [2.24, 2.45) is 0 Å². The van der Waals surface area contributed by atoms with Crippen molar-refractivity contribution in [3.05, 3.63) is 29.3 Å². The third-order valence-electron chi connectivity index (χ3n) is 3.53. The van der Waals surface area contributed by atoms with Crippen LogP contribution in [0.3, 0.4) is 0 Å².